The van der Waals surface area contributed by atoms with Crippen LogP contribution < -0.4 is 0 Å². The molecular weight excluding hydrogens is 292 g/mol. The van der Waals surface area contributed by atoms with Crippen LogP contribution in [0.4, 0.5) is 5.69 Å². The van der Waals surface area contributed by atoms with Crippen LogP contribution in [0.3, 0.4) is 0 Å². The van der Waals surface area contributed by atoms with Gasteiger partial charge in [0, 0.05) is 12.1 Å². The summed E-state index contributed by atoms with van der Waals surface area (Å²) >= 11 is 0. The van der Waals surface area contributed by atoms with E-state index in [1.807, 2.05) is 12.1 Å². The van der Waals surface area contributed by atoms with E-state index in [1.54, 1.807) is 0 Å². The molecule has 2 heteroatoms. The van der Waals surface area contributed by atoms with Gasteiger partial charge >= 0.3 is 5.69 Å². The molecule has 2 aromatic rings. The standard InChI is InChI=1S/C22H27N2/c23-24-22-13-12-20-14-19(10-11-21(20)15-22)18-8-6-17(7-9-18)16-4-2-1-3-5-16/h10-18H,1-9H2/q+1. The van der Waals surface area contributed by atoms with Crippen LogP contribution in [-0.2, 0) is 0 Å². The summed E-state index contributed by atoms with van der Waals surface area (Å²) in [5, 5.41) is 11.3. The Bertz CT molecular complexity index is 744. The van der Waals surface area contributed by atoms with Crippen LogP contribution in [0.25, 0.3) is 15.7 Å². The molecule has 0 unspecified atom stereocenters. The maximum absolute atomic E-state index is 8.91. The van der Waals surface area contributed by atoms with Gasteiger partial charge < -0.3 is 0 Å². The third kappa shape index (κ3) is 3.18. The summed E-state index contributed by atoms with van der Waals surface area (Å²) in [4.78, 5) is 3.29. The number of fused-ring (bicyclic) bond motifs is 1. The lowest BCUT2D eigenvalue weighted by Crippen LogP contribution is -2.23. The highest BCUT2D eigenvalue weighted by molar-refractivity contribution is 5.86. The quantitative estimate of drug-likeness (QED) is 0.539. The van der Waals surface area contributed by atoms with Crippen LogP contribution in [0.1, 0.15) is 69.3 Å². The van der Waals surface area contributed by atoms with E-state index >= 15 is 0 Å². The van der Waals surface area contributed by atoms with E-state index in [4.69, 9.17) is 5.39 Å². The highest BCUT2D eigenvalue weighted by Crippen LogP contribution is 2.43. The largest absolute Gasteiger partial charge is 0.385 e. The van der Waals surface area contributed by atoms with Crippen molar-refractivity contribution < 1.29 is 0 Å². The summed E-state index contributed by atoms with van der Waals surface area (Å²) in [5.74, 6) is 2.75. The zero-order valence-corrected chi connectivity index (χ0v) is 14.5. The lowest BCUT2D eigenvalue weighted by molar-refractivity contribution is 0.186. The van der Waals surface area contributed by atoms with E-state index in [-0.39, 0.29) is 0 Å². The van der Waals surface area contributed by atoms with E-state index in [0.29, 0.717) is 5.69 Å². The topological polar surface area (TPSA) is 28.1 Å². The molecule has 24 heavy (non-hydrogen) atoms. The second-order valence-corrected chi connectivity index (χ2v) is 7.90. The molecule has 0 N–H and O–H groups in total. The third-order valence-corrected chi connectivity index (χ3v) is 6.52. The summed E-state index contributed by atoms with van der Waals surface area (Å²) in [6.45, 7) is 0. The molecule has 0 atom stereocenters. The van der Waals surface area contributed by atoms with Crippen molar-refractivity contribution >= 4 is 16.5 Å². The molecule has 0 saturated heterocycles. The predicted molar refractivity (Wildman–Crippen MR) is 100.0 cm³/mol. The lowest BCUT2D eigenvalue weighted by Gasteiger charge is -2.36. The average Bonchev–Trinajstić information content (AvgIpc) is 2.68. The molecule has 2 aliphatic carbocycles. The zero-order valence-electron chi connectivity index (χ0n) is 14.5. The van der Waals surface area contributed by atoms with Crippen LogP contribution >= 0.6 is 0 Å². The maximum atomic E-state index is 8.91. The third-order valence-electron chi connectivity index (χ3n) is 6.52. The number of hydrogen-bond acceptors (Lipinski definition) is 1. The predicted octanol–water partition coefficient (Wildman–Crippen LogP) is 7.18. The summed E-state index contributed by atoms with van der Waals surface area (Å²) in [5.41, 5.74) is 2.13. The number of nitrogens with zero attached hydrogens (tertiary/aromatic N) is 2. The molecule has 2 saturated carbocycles. The maximum Gasteiger partial charge on any atom is 0.385 e. The Balaban J connectivity index is 1.45. The second kappa shape index (κ2) is 6.93. The molecule has 2 aliphatic rings. The summed E-state index contributed by atoms with van der Waals surface area (Å²) in [7, 11) is 0. The molecule has 0 heterocycles. The van der Waals surface area contributed by atoms with Crippen molar-refractivity contribution in [1.29, 1.82) is 5.39 Å². The fourth-order valence-corrected chi connectivity index (χ4v) is 5.10. The number of diazo groups is 1. The van der Waals surface area contributed by atoms with Gasteiger partial charge in [-0.3, -0.25) is 0 Å². The lowest BCUT2D eigenvalue weighted by atomic mass is 9.70. The molecule has 0 aliphatic heterocycles. The Morgan fingerprint density at radius 3 is 2.12 bits per heavy atom. The molecule has 2 fully saturated rings. The highest BCUT2D eigenvalue weighted by Gasteiger charge is 2.29. The van der Waals surface area contributed by atoms with Crippen molar-refractivity contribution in [2.24, 2.45) is 11.8 Å². The molecule has 4 rings (SSSR count). The van der Waals surface area contributed by atoms with Gasteiger partial charge in [-0.05, 0) is 65.8 Å². The summed E-state index contributed by atoms with van der Waals surface area (Å²) in [6, 6.07) is 12.7. The molecule has 0 spiro atoms. The van der Waals surface area contributed by atoms with Crippen molar-refractivity contribution in [3.8, 4) is 0 Å². The first-order valence-corrected chi connectivity index (χ1v) is 9.72. The van der Waals surface area contributed by atoms with Gasteiger partial charge in [0.05, 0.1) is 0 Å². The van der Waals surface area contributed by atoms with Crippen LogP contribution in [0, 0.1) is 17.2 Å². The van der Waals surface area contributed by atoms with Crippen LogP contribution in [-0.4, -0.2) is 0 Å². The van der Waals surface area contributed by atoms with Gasteiger partial charge in [0.25, 0.3) is 0 Å². The van der Waals surface area contributed by atoms with E-state index < -0.39 is 0 Å². The Labute approximate surface area is 144 Å². The van der Waals surface area contributed by atoms with Gasteiger partial charge in [0.2, 0.25) is 5.39 Å². The molecule has 2 nitrogen and oxygen atoms in total. The van der Waals surface area contributed by atoms with Crippen LogP contribution in [0.5, 0.6) is 0 Å². The smallest absolute Gasteiger partial charge is 0.0581 e. The minimum Gasteiger partial charge on any atom is -0.0581 e. The van der Waals surface area contributed by atoms with Crippen molar-refractivity contribution in [2.45, 2.75) is 63.7 Å². The summed E-state index contributed by atoms with van der Waals surface area (Å²) < 4.78 is 0. The minimum absolute atomic E-state index is 0.628. The van der Waals surface area contributed by atoms with Crippen molar-refractivity contribution in [2.75, 3.05) is 0 Å². The van der Waals surface area contributed by atoms with Crippen LogP contribution in [0.2, 0.25) is 0 Å². The molecule has 0 aromatic heterocycles. The van der Waals surface area contributed by atoms with Crippen molar-refractivity contribution in [3.63, 3.8) is 0 Å². The van der Waals surface area contributed by atoms with Gasteiger partial charge in [0.1, 0.15) is 0 Å². The van der Waals surface area contributed by atoms with E-state index in [2.05, 4.69) is 29.2 Å². The summed E-state index contributed by atoms with van der Waals surface area (Å²) in [6.07, 6.45) is 13.0. The highest BCUT2D eigenvalue weighted by atomic mass is 14.8. The van der Waals surface area contributed by atoms with Gasteiger partial charge in [0.15, 0.2) is 4.98 Å². The van der Waals surface area contributed by atoms with Crippen molar-refractivity contribution in [3.05, 3.63) is 46.9 Å². The number of rotatable bonds is 2. The molecular formula is C22H27N2+. The SMILES string of the molecule is N#[N+]c1ccc2cc(C3CCC(C4CCCCC4)CC3)ccc2c1. The van der Waals surface area contributed by atoms with E-state index in [9.17, 15) is 0 Å². The Morgan fingerprint density at radius 1 is 0.708 bits per heavy atom. The van der Waals surface area contributed by atoms with Crippen LogP contribution in [0.15, 0.2) is 36.4 Å². The zero-order chi connectivity index (χ0) is 16.4. The van der Waals surface area contributed by atoms with E-state index in [0.717, 1.165) is 23.1 Å². The molecule has 2 aromatic carbocycles. The van der Waals surface area contributed by atoms with Gasteiger partial charge in [-0.25, -0.2) is 0 Å². The van der Waals surface area contributed by atoms with Gasteiger partial charge in [-0.2, -0.15) is 0 Å². The number of hydrogen-bond donors (Lipinski definition) is 0. The Hall–Kier alpha value is -1.88. The fraction of sp³-hybridized carbons (Fsp3) is 0.545. The average molecular weight is 319 g/mol. The van der Waals surface area contributed by atoms with Gasteiger partial charge in [-0.1, -0.05) is 50.3 Å². The normalized spacial score (nSPS) is 25.5. The first-order valence-electron chi connectivity index (χ1n) is 9.72. The molecule has 0 radical (unpaired) electrons. The number of benzene rings is 2. The van der Waals surface area contributed by atoms with Gasteiger partial charge in [-0.15, -0.1) is 0 Å². The molecule has 0 amide bonds. The molecule has 124 valence electrons. The van der Waals surface area contributed by atoms with Crippen molar-refractivity contribution in [1.82, 2.24) is 0 Å². The Morgan fingerprint density at radius 2 is 1.38 bits per heavy atom. The Kier molecular flexibility index (Phi) is 4.52. The minimum atomic E-state index is 0.628. The second-order valence-electron chi connectivity index (χ2n) is 7.90. The fourth-order valence-electron chi connectivity index (χ4n) is 5.10. The monoisotopic (exact) mass is 319 g/mol. The van der Waals surface area contributed by atoms with E-state index in [1.165, 1.54) is 68.7 Å². The molecule has 0 bridgehead atoms. The first-order chi connectivity index (χ1) is 11.8. The first kappa shape index (κ1) is 15.6.